The van der Waals surface area contributed by atoms with Crippen LogP contribution in [-0.4, -0.2) is 30.6 Å². The van der Waals surface area contributed by atoms with E-state index in [-0.39, 0.29) is 5.91 Å². The molecule has 0 saturated heterocycles. The molecule has 142 valence electrons. The monoisotopic (exact) mass is 374 g/mol. The van der Waals surface area contributed by atoms with E-state index in [1.54, 1.807) is 0 Å². The second-order valence-electron chi connectivity index (χ2n) is 6.65. The highest BCUT2D eigenvalue weighted by Crippen LogP contribution is 2.20. The van der Waals surface area contributed by atoms with E-state index in [0.717, 1.165) is 40.4 Å². The number of carbonyl (C=O) groups is 1. The molecule has 0 aliphatic carbocycles. The number of nitrogens with one attached hydrogen (secondary N) is 2. The third-order valence-electron chi connectivity index (χ3n) is 4.61. The van der Waals surface area contributed by atoms with Crippen molar-refractivity contribution in [3.8, 4) is 11.4 Å². The van der Waals surface area contributed by atoms with E-state index < -0.39 is 0 Å². The van der Waals surface area contributed by atoms with Crippen LogP contribution in [0.1, 0.15) is 25.0 Å². The lowest BCUT2D eigenvalue weighted by Crippen LogP contribution is -2.15. The predicted octanol–water partition coefficient (Wildman–Crippen LogP) is 3.72. The number of para-hydroxylation sites is 2. The van der Waals surface area contributed by atoms with Gasteiger partial charge in [0.05, 0.1) is 11.0 Å². The van der Waals surface area contributed by atoms with Gasteiger partial charge in [-0.3, -0.25) is 9.89 Å². The lowest BCUT2D eigenvalue weighted by atomic mass is 10.2. The topological polar surface area (TPSA) is 88.5 Å². The number of aryl methyl sites for hydroxylation is 3. The molecule has 28 heavy (non-hydrogen) atoms. The van der Waals surface area contributed by atoms with Gasteiger partial charge in [0.2, 0.25) is 5.91 Å². The molecule has 2 heterocycles. The summed E-state index contributed by atoms with van der Waals surface area (Å²) in [6.07, 6.45) is 1.20. The van der Waals surface area contributed by atoms with Crippen molar-refractivity contribution in [3.63, 3.8) is 0 Å². The van der Waals surface area contributed by atoms with E-state index in [0.29, 0.717) is 18.8 Å². The van der Waals surface area contributed by atoms with Gasteiger partial charge in [-0.2, -0.15) is 5.10 Å². The quantitative estimate of drug-likeness (QED) is 0.538. The number of aromatic nitrogens is 5. The van der Waals surface area contributed by atoms with Gasteiger partial charge in [0, 0.05) is 30.6 Å². The van der Waals surface area contributed by atoms with Crippen molar-refractivity contribution >= 4 is 22.6 Å². The molecule has 7 nitrogen and oxygen atoms in total. The minimum Gasteiger partial charge on any atom is -0.327 e. The van der Waals surface area contributed by atoms with Crippen LogP contribution in [0, 0.1) is 6.92 Å². The van der Waals surface area contributed by atoms with Crippen molar-refractivity contribution in [2.24, 2.45) is 0 Å². The Morgan fingerprint density at radius 3 is 2.79 bits per heavy atom. The van der Waals surface area contributed by atoms with Gasteiger partial charge in [-0.25, -0.2) is 9.97 Å². The number of imidazole rings is 1. The maximum Gasteiger partial charge on any atom is 0.226 e. The van der Waals surface area contributed by atoms with Gasteiger partial charge in [0.1, 0.15) is 11.6 Å². The normalized spacial score (nSPS) is 11.1. The van der Waals surface area contributed by atoms with E-state index in [1.165, 1.54) is 0 Å². The van der Waals surface area contributed by atoms with Crippen LogP contribution in [0.5, 0.6) is 0 Å². The Kier molecular flexibility index (Phi) is 4.89. The lowest BCUT2D eigenvalue weighted by Gasteiger charge is -2.09. The van der Waals surface area contributed by atoms with Crippen molar-refractivity contribution < 1.29 is 4.79 Å². The van der Waals surface area contributed by atoms with Crippen LogP contribution in [0.2, 0.25) is 0 Å². The minimum atomic E-state index is -0.0387. The molecule has 0 spiro atoms. The van der Waals surface area contributed by atoms with Crippen LogP contribution in [0.25, 0.3) is 22.4 Å². The Balaban J connectivity index is 1.46. The SMILES string of the molecule is CCc1nc2ccccc2n1CCC(=O)Nc1cccc(-c2n[nH]c(C)n2)c1. The van der Waals surface area contributed by atoms with Crippen molar-refractivity contribution in [3.05, 3.63) is 60.2 Å². The van der Waals surface area contributed by atoms with Gasteiger partial charge in [-0.05, 0) is 31.2 Å². The molecular weight excluding hydrogens is 352 g/mol. The maximum absolute atomic E-state index is 12.5. The van der Waals surface area contributed by atoms with Crippen LogP contribution in [-0.2, 0) is 17.8 Å². The molecule has 4 aromatic rings. The first-order valence-corrected chi connectivity index (χ1v) is 9.37. The summed E-state index contributed by atoms with van der Waals surface area (Å²) in [5.74, 6) is 2.33. The van der Waals surface area contributed by atoms with E-state index in [2.05, 4.69) is 37.0 Å². The predicted molar refractivity (Wildman–Crippen MR) is 109 cm³/mol. The molecule has 0 bridgehead atoms. The van der Waals surface area contributed by atoms with Crippen LogP contribution in [0.15, 0.2) is 48.5 Å². The van der Waals surface area contributed by atoms with Gasteiger partial charge >= 0.3 is 0 Å². The zero-order chi connectivity index (χ0) is 19.5. The van der Waals surface area contributed by atoms with Gasteiger partial charge < -0.3 is 9.88 Å². The van der Waals surface area contributed by atoms with Crippen LogP contribution in [0.4, 0.5) is 5.69 Å². The first-order chi connectivity index (χ1) is 13.6. The number of amides is 1. The summed E-state index contributed by atoms with van der Waals surface area (Å²) in [7, 11) is 0. The summed E-state index contributed by atoms with van der Waals surface area (Å²) in [5, 5.41) is 9.97. The highest BCUT2D eigenvalue weighted by atomic mass is 16.1. The summed E-state index contributed by atoms with van der Waals surface area (Å²) in [6, 6.07) is 15.6. The molecule has 2 aromatic heterocycles. The second-order valence-corrected chi connectivity index (χ2v) is 6.65. The molecule has 0 radical (unpaired) electrons. The molecular formula is C21H22N6O. The standard InChI is InChI=1S/C21H22N6O/c1-3-19-24-17-9-4-5-10-18(17)27(19)12-11-20(28)23-16-8-6-7-15(13-16)21-22-14(2)25-26-21/h4-10,13H,3,11-12H2,1-2H3,(H,23,28)(H,22,25,26). The summed E-state index contributed by atoms with van der Waals surface area (Å²) in [4.78, 5) is 21.5. The molecule has 0 fully saturated rings. The number of anilines is 1. The summed E-state index contributed by atoms with van der Waals surface area (Å²) >= 11 is 0. The molecule has 0 atom stereocenters. The Labute approximate surface area is 162 Å². The minimum absolute atomic E-state index is 0.0387. The van der Waals surface area contributed by atoms with E-state index in [9.17, 15) is 4.79 Å². The van der Waals surface area contributed by atoms with Crippen LogP contribution in [0.3, 0.4) is 0 Å². The fraction of sp³-hybridized carbons (Fsp3) is 0.238. The van der Waals surface area contributed by atoms with Crippen molar-refractivity contribution in [2.45, 2.75) is 33.2 Å². The second kappa shape index (κ2) is 7.64. The van der Waals surface area contributed by atoms with Crippen molar-refractivity contribution in [1.82, 2.24) is 24.7 Å². The summed E-state index contributed by atoms with van der Waals surface area (Å²) in [6.45, 7) is 4.52. The summed E-state index contributed by atoms with van der Waals surface area (Å²) in [5.41, 5.74) is 3.62. The van der Waals surface area contributed by atoms with Gasteiger partial charge in [-0.15, -0.1) is 0 Å². The average molecular weight is 374 g/mol. The van der Waals surface area contributed by atoms with Crippen molar-refractivity contribution in [2.75, 3.05) is 5.32 Å². The molecule has 1 amide bonds. The van der Waals surface area contributed by atoms with E-state index in [1.807, 2.05) is 55.5 Å². The molecule has 2 aromatic carbocycles. The zero-order valence-corrected chi connectivity index (χ0v) is 15.9. The highest BCUT2D eigenvalue weighted by Gasteiger charge is 2.11. The number of hydrogen-bond donors (Lipinski definition) is 2. The smallest absolute Gasteiger partial charge is 0.226 e. The average Bonchev–Trinajstić information content (AvgIpc) is 3.30. The number of H-pyrrole nitrogens is 1. The Bertz CT molecular complexity index is 1130. The zero-order valence-electron chi connectivity index (χ0n) is 15.9. The third kappa shape index (κ3) is 3.64. The molecule has 2 N–H and O–H groups in total. The Morgan fingerprint density at radius 2 is 2.00 bits per heavy atom. The fourth-order valence-electron chi connectivity index (χ4n) is 3.29. The molecule has 0 aliphatic rings. The Hall–Kier alpha value is -3.48. The first-order valence-electron chi connectivity index (χ1n) is 9.37. The fourth-order valence-corrected chi connectivity index (χ4v) is 3.29. The van der Waals surface area contributed by atoms with E-state index in [4.69, 9.17) is 0 Å². The molecule has 0 saturated carbocycles. The number of nitrogens with zero attached hydrogens (tertiary/aromatic N) is 4. The molecule has 0 unspecified atom stereocenters. The first kappa shape index (κ1) is 17.9. The lowest BCUT2D eigenvalue weighted by molar-refractivity contribution is -0.116. The van der Waals surface area contributed by atoms with Gasteiger partial charge in [0.15, 0.2) is 5.82 Å². The maximum atomic E-state index is 12.5. The number of rotatable bonds is 6. The molecule has 4 rings (SSSR count). The molecule has 0 aliphatic heterocycles. The highest BCUT2D eigenvalue weighted by molar-refractivity contribution is 5.91. The molecule has 7 heteroatoms. The number of hydrogen-bond acceptors (Lipinski definition) is 4. The van der Waals surface area contributed by atoms with E-state index >= 15 is 0 Å². The van der Waals surface area contributed by atoms with Gasteiger partial charge in [-0.1, -0.05) is 31.2 Å². The van der Waals surface area contributed by atoms with Crippen LogP contribution < -0.4 is 5.32 Å². The summed E-state index contributed by atoms with van der Waals surface area (Å²) < 4.78 is 2.13. The Morgan fingerprint density at radius 1 is 1.14 bits per heavy atom. The number of carbonyl (C=O) groups excluding carboxylic acids is 1. The number of benzene rings is 2. The van der Waals surface area contributed by atoms with Crippen LogP contribution >= 0.6 is 0 Å². The largest absolute Gasteiger partial charge is 0.327 e. The third-order valence-corrected chi connectivity index (χ3v) is 4.61. The number of aromatic amines is 1. The number of fused-ring (bicyclic) bond motifs is 1. The van der Waals surface area contributed by atoms with Crippen molar-refractivity contribution in [1.29, 1.82) is 0 Å². The van der Waals surface area contributed by atoms with Gasteiger partial charge in [0.25, 0.3) is 0 Å².